The molecule has 2 heterocycles. The molecule has 170 valence electrons. The quantitative estimate of drug-likeness (QED) is 0.321. The molecule has 3 aromatic carbocycles. The zero-order valence-electron chi connectivity index (χ0n) is 19.4. The third-order valence-corrected chi connectivity index (χ3v) is 6.08. The van der Waals surface area contributed by atoms with Gasteiger partial charge in [0.15, 0.2) is 5.76 Å². The first-order chi connectivity index (χ1) is 16.5. The van der Waals surface area contributed by atoms with E-state index in [1.165, 1.54) is 0 Å². The number of rotatable bonds is 6. The Morgan fingerprint density at radius 2 is 1.85 bits per heavy atom. The Morgan fingerprint density at radius 1 is 1.06 bits per heavy atom. The van der Waals surface area contributed by atoms with E-state index in [2.05, 4.69) is 6.58 Å². The number of hydrogen-bond acceptors (Lipinski definition) is 4. The Bertz CT molecular complexity index is 1460. The van der Waals surface area contributed by atoms with Crippen LogP contribution < -0.4 is 14.2 Å². The summed E-state index contributed by atoms with van der Waals surface area (Å²) in [7, 11) is 3.61. The largest absolute Gasteiger partial charge is 0.497 e. The second-order valence-electron chi connectivity index (χ2n) is 8.37. The molecule has 5 nitrogen and oxygen atoms in total. The Hall–Kier alpha value is -4.25. The van der Waals surface area contributed by atoms with Gasteiger partial charge in [-0.3, -0.25) is 4.79 Å². The molecule has 0 radical (unpaired) electrons. The molecule has 1 aliphatic heterocycles. The maximum atomic E-state index is 13.2. The molecule has 0 saturated carbocycles. The second kappa shape index (κ2) is 8.60. The van der Waals surface area contributed by atoms with Gasteiger partial charge in [0, 0.05) is 35.8 Å². The Balaban J connectivity index is 1.42. The Kier molecular flexibility index (Phi) is 5.46. The zero-order chi connectivity index (χ0) is 23.8. The molecule has 0 unspecified atom stereocenters. The lowest BCUT2D eigenvalue weighted by Gasteiger charge is -2.09. The number of allylic oxidation sites excluding steroid dienone is 1. The van der Waals surface area contributed by atoms with Crippen LogP contribution in [0.5, 0.6) is 17.2 Å². The van der Waals surface area contributed by atoms with Crippen molar-refractivity contribution in [1.29, 1.82) is 0 Å². The molecular formula is C29H25NO4. The summed E-state index contributed by atoms with van der Waals surface area (Å²) < 4.78 is 19.4. The molecule has 0 N–H and O–H groups in total. The summed E-state index contributed by atoms with van der Waals surface area (Å²) in [5.74, 6) is 2.11. The molecule has 1 aliphatic rings. The SMILES string of the molecule is C=Cc1ccc(COc2cc(C)c3c(c2)O/C(=C\c2cn(C)c4ccc(OC)cc24)C3=O)cc1. The van der Waals surface area contributed by atoms with Crippen LogP contribution in [0.15, 0.2) is 73.1 Å². The minimum Gasteiger partial charge on any atom is -0.497 e. The van der Waals surface area contributed by atoms with Gasteiger partial charge in [0.05, 0.1) is 12.7 Å². The molecule has 5 heteroatoms. The summed E-state index contributed by atoms with van der Waals surface area (Å²) in [6.45, 7) is 6.10. The highest BCUT2D eigenvalue weighted by atomic mass is 16.5. The van der Waals surface area contributed by atoms with E-state index in [9.17, 15) is 4.79 Å². The van der Waals surface area contributed by atoms with Gasteiger partial charge in [-0.2, -0.15) is 0 Å². The number of hydrogen-bond donors (Lipinski definition) is 0. The molecular weight excluding hydrogens is 426 g/mol. The molecule has 0 fully saturated rings. The number of nitrogens with zero attached hydrogens (tertiary/aromatic N) is 1. The van der Waals surface area contributed by atoms with Crippen molar-refractivity contribution in [1.82, 2.24) is 4.57 Å². The van der Waals surface area contributed by atoms with Crippen LogP contribution in [0, 0.1) is 6.92 Å². The van der Waals surface area contributed by atoms with Crippen LogP contribution in [-0.2, 0) is 13.7 Å². The van der Waals surface area contributed by atoms with Crippen LogP contribution in [-0.4, -0.2) is 17.5 Å². The Labute approximate surface area is 198 Å². The monoisotopic (exact) mass is 451 g/mol. The number of aryl methyl sites for hydroxylation is 2. The number of aromatic nitrogens is 1. The van der Waals surface area contributed by atoms with Crippen molar-refractivity contribution >= 4 is 28.8 Å². The highest BCUT2D eigenvalue weighted by molar-refractivity contribution is 6.16. The van der Waals surface area contributed by atoms with Gasteiger partial charge in [0.1, 0.15) is 23.9 Å². The topological polar surface area (TPSA) is 49.7 Å². The van der Waals surface area contributed by atoms with E-state index in [1.54, 1.807) is 19.3 Å². The lowest BCUT2D eigenvalue weighted by atomic mass is 10.0. The van der Waals surface area contributed by atoms with Crippen LogP contribution in [0.2, 0.25) is 0 Å². The summed E-state index contributed by atoms with van der Waals surface area (Å²) in [6, 6.07) is 17.6. The summed E-state index contributed by atoms with van der Waals surface area (Å²) in [4.78, 5) is 13.2. The zero-order valence-corrected chi connectivity index (χ0v) is 19.4. The fraction of sp³-hybridized carbons (Fsp3) is 0.138. The first-order valence-corrected chi connectivity index (χ1v) is 11.0. The van der Waals surface area contributed by atoms with Crippen molar-refractivity contribution in [2.24, 2.45) is 7.05 Å². The Morgan fingerprint density at radius 3 is 2.59 bits per heavy atom. The predicted octanol–water partition coefficient (Wildman–Crippen LogP) is 6.33. The molecule has 0 atom stereocenters. The third-order valence-electron chi connectivity index (χ3n) is 6.08. The molecule has 0 amide bonds. The number of ether oxygens (including phenoxy) is 3. The normalized spacial score (nSPS) is 13.7. The van der Waals surface area contributed by atoms with Crippen molar-refractivity contribution in [3.63, 3.8) is 0 Å². The minimum absolute atomic E-state index is 0.126. The van der Waals surface area contributed by atoms with Gasteiger partial charge in [-0.15, -0.1) is 0 Å². The molecule has 0 saturated heterocycles. The number of ketones is 1. The van der Waals surface area contributed by atoms with E-state index in [0.29, 0.717) is 29.4 Å². The van der Waals surface area contributed by atoms with E-state index in [1.807, 2.05) is 79.3 Å². The van der Waals surface area contributed by atoms with Gasteiger partial charge >= 0.3 is 0 Å². The summed E-state index contributed by atoms with van der Waals surface area (Å²) >= 11 is 0. The van der Waals surface area contributed by atoms with Crippen molar-refractivity contribution < 1.29 is 19.0 Å². The van der Waals surface area contributed by atoms with Crippen molar-refractivity contribution in [2.75, 3.05) is 7.11 Å². The van der Waals surface area contributed by atoms with Crippen LogP contribution in [0.3, 0.4) is 0 Å². The van der Waals surface area contributed by atoms with E-state index in [0.717, 1.165) is 38.9 Å². The summed E-state index contributed by atoms with van der Waals surface area (Å²) in [6.07, 6.45) is 5.59. The second-order valence-corrected chi connectivity index (χ2v) is 8.37. The predicted molar refractivity (Wildman–Crippen MR) is 134 cm³/mol. The smallest absolute Gasteiger partial charge is 0.232 e. The molecule has 0 aliphatic carbocycles. The maximum absolute atomic E-state index is 13.2. The van der Waals surface area contributed by atoms with Gasteiger partial charge in [0.25, 0.3) is 0 Å². The van der Waals surface area contributed by atoms with Gasteiger partial charge in [0.2, 0.25) is 5.78 Å². The van der Waals surface area contributed by atoms with Crippen LogP contribution >= 0.6 is 0 Å². The lowest BCUT2D eigenvalue weighted by Crippen LogP contribution is -2.00. The highest BCUT2D eigenvalue weighted by Gasteiger charge is 2.30. The molecule has 1 aromatic heterocycles. The first-order valence-electron chi connectivity index (χ1n) is 11.0. The molecule has 4 aromatic rings. The molecule has 5 rings (SSSR count). The number of fused-ring (bicyclic) bond motifs is 2. The minimum atomic E-state index is -0.126. The average molecular weight is 452 g/mol. The van der Waals surface area contributed by atoms with Crippen molar-refractivity contribution in [3.05, 3.63) is 101 Å². The molecule has 34 heavy (non-hydrogen) atoms. The summed E-state index contributed by atoms with van der Waals surface area (Å²) in [5, 5.41) is 0.991. The van der Waals surface area contributed by atoms with Crippen LogP contribution in [0.1, 0.15) is 32.6 Å². The van der Waals surface area contributed by atoms with Gasteiger partial charge < -0.3 is 18.8 Å². The fourth-order valence-corrected chi connectivity index (χ4v) is 4.26. The summed E-state index contributed by atoms with van der Waals surface area (Å²) in [5.41, 5.74) is 5.45. The first kappa shape index (κ1) is 21.6. The number of benzene rings is 3. The third kappa shape index (κ3) is 3.86. The van der Waals surface area contributed by atoms with Gasteiger partial charge in [-0.1, -0.05) is 36.9 Å². The van der Waals surface area contributed by atoms with Gasteiger partial charge in [-0.25, -0.2) is 0 Å². The number of carbonyl (C=O) groups excluding carboxylic acids is 1. The lowest BCUT2D eigenvalue weighted by molar-refractivity contribution is 0.101. The maximum Gasteiger partial charge on any atom is 0.232 e. The molecule has 0 spiro atoms. The van der Waals surface area contributed by atoms with E-state index in [-0.39, 0.29) is 5.78 Å². The molecule has 0 bridgehead atoms. The van der Waals surface area contributed by atoms with Crippen LogP contribution in [0.4, 0.5) is 0 Å². The highest BCUT2D eigenvalue weighted by Crippen LogP contribution is 2.38. The average Bonchev–Trinajstić information content (AvgIpc) is 3.33. The number of carbonyl (C=O) groups is 1. The van der Waals surface area contributed by atoms with E-state index < -0.39 is 0 Å². The fourth-order valence-electron chi connectivity index (χ4n) is 4.26. The standard InChI is InChI=1S/C29H25NO4/c1-5-19-6-8-20(9-7-19)17-33-23-12-18(2)28-26(15-23)34-27(29(28)31)13-21-16-30(3)25-11-10-22(32-4)14-24(21)25/h5-16H,1,17H2,2-4H3/b27-13-. The van der Waals surface area contributed by atoms with E-state index in [4.69, 9.17) is 14.2 Å². The van der Waals surface area contributed by atoms with E-state index >= 15 is 0 Å². The van der Waals surface area contributed by atoms with Crippen molar-refractivity contribution in [3.8, 4) is 17.2 Å². The number of methoxy groups -OCH3 is 1. The number of Topliss-reactive ketones (excluding diaryl/α,β-unsaturated/α-hetero) is 1. The van der Waals surface area contributed by atoms with Crippen LogP contribution in [0.25, 0.3) is 23.1 Å². The van der Waals surface area contributed by atoms with Gasteiger partial charge in [-0.05, 0) is 54.0 Å². The van der Waals surface area contributed by atoms with Crippen molar-refractivity contribution in [2.45, 2.75) is 13.5 Å².